The number of nitrogens with zero attached hydrogens (tertiary/aromatic N) is 1. The summed E-state index contributed by atoms with van der Waals surface area (Å²) in [5.74, 6) is 0. The fraction of sp³-hybridized carbons (Fsp3) is 0.889. The molecule has 0 aromatic carbocycles. The third kappa shape index (κ3) is 1.63. The fourth-order valence-electron chi connectivity index (χ4n) is 2.12. The van der Waals surface area contributed by atoms with Crippen LogP contribution in [-0.2, 0) is 4.74 Å². The number of carbonyl (C=O) groups excluding carboxylic acids is 1. The third-order valence-electron chi connectivity index (χ3n) is 2.84. The molecular formula is C9H16N2O2. The van der Waals surface area contributed by atoms with E-state index in [1.165, 1.54) is 0 Å². The molecule has 0 aliphatic carbocycles. The Morgan fingerprint density at radius 3 is 2.69 bits per heavy atom. The molecule has 0 spiro atoms. The summed E-state index contributed by atoms with van der Waals surface area (Å²) in [6, 6.07) is 0.654. The van der Waals surface area contributed by atoms with Gasteiger partial charge in [-0.15, -0.1) is 0 Å². The predicted molar refractivity (Wildman–Crippen MR) is 48.5 cm³/mol. The Morgan fingerprint density at radius 2 is 2.15 bits per heavy atom. The molecule has 2 saturated heterocycles. The van der Waals surface area contributed by atoms with Gasteiger partial charge < -0.3 is 10.1 Å². The van der Waals surface area contributed by atoms with Crippen LogP contribution in [0.25, 0.3) is 0 Å². The van der Waals surface area contributed by atoms with Gasteiger partial charge in [-0.05, 0) is 32.9 Å². The Labute approximate surface area is 78.2 Å². The van der Waals surface area contributed by atoms with Crippen LogP contribution in [0.5, 0.6) is 0 Å². The highest BCUT2D eigenvalue weighted by Crippen LogP contribution is 2.20. The van der Waals surface area contributed by atoms with Crippen molar-refractivity contribution < 1.29 is 9.53 Å². The van der Waals surface area contributed by atoms with Crippen LogP contribution in [0.2, 0.25) is 0 Å². The highest BCUT2D eigenvalue weighted by atomic mass is 16.6. The first-order chi connectivity index (χ1) is 6.29. The standard InChI is InChI=1S/C9H16N2O2/c1-7-6-13-9(12)11(7)8-2-4-10-5-3-8/h7-8,10H,2-6H2,1H3. The number of ether oxygens (including phenoxy) is 1. The molecular weight excluding hydrogens is 168 g/mol. The second-order valence-electron chi connectivity index (χ2n) is 3.81. The van der Waals surface area contributed by atoms with Crippen molar-refractivity contribution in [3.05, 3.63) is 0 Å². The molecule has 4 nitrogen and oxygen atoms in total. The molecule has 0 bridgehead atoms. The van der Waals surface area contributed by atoms with Crippen LogP contribution in [0.3, 0.4) is 0 Å². The quantitative estimate of drug-likeness (QED) is 0.648. The van der Waals surface area contributed by atoms with Crippen LogP contribution >= 0.6 is 0 Å². The van der Waals surface area contributed by atoms with E-state index >= 15 is 0 Å². The number of piperidine rings is 1. The number of hydrogen-bond acceptors (Lipinski definition) is 3. The van der Waals surface area contributed by atoms with Gasteiger partial charge in [-0.25, -0.2) is 4.79 Å². The molecule has 0 saturated carbocycles. The van der Waals surface area contributed by atoms with Crippen LogP contribution in [-0.4, -0.2) is 42.8 Å². The fourth-order valence-corrected chi connectivity index (χ4v) is 2.12. The lowest BCUT2D eigenvalue weighted by atomic mass is 10.0. The van der Waals surface area contributed by atoms with Gasteiger partial charge in [-0.3, -0.25) is 4.90 Å². The number of amides is 1. The second kappa shape index (κ2) is 3.54. The molecule has 2 fully saturated rings. The lowest BCUT2D eigenvalue weighted by Gasteiger charge is -2.32. The number of rotatable bonds is 1. The summed E-state index contributed by atoms with van der Waals surface area (Å²) >= 11 is 0. The number of nitrogens with one attached hydrogen (secondary N) is 1. The lowest BCUT2D eigenvalue weighted by Crippen LogP contribution is -2.46. The molecule has 13 heavy (non-hydrogen) atoms. The maximum absolute atomic E-state index is 11.4. The average Bonchev–Trinajstić information content (AvgIpc) is 2.48. The molecule has 4 heteroatoms. The van der Waals surface area contributed by atoms with Gasteiger partial charge in [0.25, 0.3) is 0 Å². The zero-order valence-corrected chi connectivity index (χ0v) is 7.95. The summed E-state index contributed by atoms with van der Waals surface area (Å²) in [5.41, 5.74) is 0. The molecule has 2 rings (SSSR count). The first kappa shape index (κ1) is 8.81. The minimum Gasteiger partial charge on any atom is -0.447 e. The Balaban J connectivity index is 2.00. The zero-order valence-electron chi connectivity index (χ0n) is 7.95. The Kier molecular flexibility index (Phi) is 2.40. The normalized spacial score (nSPS) is 30.7. The van der Waals surface area contributed by atoms with E-state index in [1.54, 1.807) is 0 Å². The Hall–Kier alpha value is -0.770. The molecule has 1 N–H and O–H groups in total. The van der Waals surface area contributed by atoms with Crippen molar-refractivity contribution in [3.8, 4) is 0 Å². The van der Waals surface area contributed by atoms with E-state index < -0.39 is 0 Å². The summed E-state index contributed by atoms with van der Waals surface area (Å²) in [5, 5.41) is 3.29. The first-order valence-electron chi connectivity index (χ1n) is 4.95. The van der Waals surface area contributed by atoms with Crippen LogP contribution < -0.4 is 5.32 Å². The van der Waals surface area contributed by atoms with Crippen molar-refractivity contribution in [2.45, 2.75) is 31.8 Å². The average molecular weight is 184 g/mol. The highest BCUT2D eigenvalue weighted by molar-refractivity contribution is 5.70. The first-order valence-corrected chi connectivity index (χ1v) is 4.95. The highest BCUT2D eigenvalue weighted by Gasteiger charge is 2.35. The monoisotopic (exact) mass is 184 g/mol. The van der Waals surface area contributed by atoms with Gasteiger partial charge in [0.15, 0.2) is 0 Å². The van der Waals surface area contributed by atoms with Crippen LogP contribution in [0.1, 0.15) is 19.8 Å². The minimum absolute atomic E-state index is 0.126. The molecule has 1 atom stereocenters. The van der Waals surface area contributed by atoms with Gasteiger partial charge in [0, 0.05) is 6.04 Å². The van der Waals surface area contributed by atoms with Crippen molar-refractivity contribution in [3.63, 3.8) is 0 Å². The largest absolute Gasteiger partial charge is 0.447 e. The number of carbonyl (C=O) groups is 1. The number of hydrogen-bond donors (Lipinski definition) is 1. The molecule has 74 valence electrons. The molecule has 1 unspecified atom stereocenters. The Morgan fingerprint density at radius 1 is 1.46 bits per heavy atom. The van der Waals surface area contributed by atoms with E-state index in [-0.39, 0.29) is 12.1 Å². The van der Waals surface area contributed by atoms with E-state index in [1.807, 2.05) is 11.8 Å². The molecule has 0 aromatic rings. The van der Waals surface area contributed by atoms with Gasteiger partial charge in [0.1, 0.15) is 6.61 Å². The molecule has 1 amide bonds. The van der Waals surface area contributed by atoms with Gasteiger partial charge in [0.05, 0.1) is 6.04 Å². The maximum atomic E-state index is 11.4. The summed E-state index contributed by atoms with van der Waals surface area (Å²) in [6.07, 6.45) is 1.98. The van der Waals surface area contributed by atoms with Crippen LogP contribution in [0.4, 0.5) is 4.79 Å². The predicted octanol–water partition coefficient (Wildman–Crippen LogP) is 0.579. The summed E-state index contributed by atoms with van der Waals surface area (Å²) < 4.78 is 5.00. The molecule has 2 aliphatic rings. The van der Waals surface area contributed by atoms with Crippen molar-refractivity contribution in [2.24, 2.45) is 0 Å². The SMILES string of the molecule is CC1COC(=O)N1C1CCNCC1. The topological polar surface area (TPSA) is 41.6 Å². The summed E-state index contributed by atoms with van der Waals surface area (Å²) in [4.78, 5) is 13.3. The van der Waals surface area contributed by atoms with Crippen molar-refractivity contribution in [2.75, 3.05) is 19.7 Å². The third-order valence-corrected chi connectivity index (χ3v) is 2.84. The van der Waals surface area contributed by atoms with Gasteiger partial charge in [-0.2, -0.15) is 0 Å². The van der Waals surface area contributed by atoms with Gasteiger partial charge in [-0.1, -0.05) is 0 Å². The molecule has 2 aliphatic heterocycles. The Bertz CT molecular complexity index is 202. The second-order valence-corrected chi connectivity index (χ2v) is 3.81. The van der Waals surface area contributed by atoms with Crippen molar-refractivity contribution >= 4 is 6.09 Å². The van der Waals surface area contributed by atoms with E-state index in [0.717, 1.165) is 25.9 Å². The van der Waals surface area contributed by atoms with Crippen LogP contribution in [0, 0.1) is 0 Å². The molecule has 0 radical (unpaired) electrons. The van der Waals surface area contributed by atoms with Gasteiger partial charge >= 0.3 is 6.09 Å². The maximum Gasteiger partial charge on any atom is 0.410 e. The van der Waals surface area contributed by atoms with Crippen LogP contribution in [0.15, 0.2) is 0 Å². The summed E-state index contributed by atoms with van der Waals surface area (Å²) in [7, 11) is 0. The molecule has 0 aromatic heterocycles. The van der Waals surface area contributed by atoms with E-state index in [4.69, 9.17) is 4.74 Å². The minimum atomic E-state index is -0.126. The number of cyclic esters (lactones) is 1. The lowest BCUT2D eigenvalue weighted by molar-refractivity contribution is 0.135. The van der Waals surface area contributed by atoms with Crippen molar-refractivity contribution in [1.29, 1.82) is 0 Å². The van der Waals surface area contributed by atoms with E-state index in [0.29, 0.717) is 12.6 Å². The summed E-state index contributed by atoms with van der Waals surface area (Å²) in [6.45, 7) is 4.64. The van der Waals surface area contributed by atoms with Gasteiger partial charge in [0.2, 0.25) is 0 Å². The smallest absolute Gasteiger partial charge is 0.410 e. The van der Waals surface area contributed by atoms with E-state index in [2.05, 4.69) is 5.32 Å². The van der Waals surface area contributed by atoms with E-state index in [9.17, 15) is 4.79 Å². The van der Waals surface area contributed by atoms with Crippen molar-refractivity contribution in [1.82, 2.24) is 10.2 Å². The molecule has 2 heterocycles. The zero-order chi connectivity index (χ0) is 9.26.